The summed E-state index contributed by atoms with van der Waals surface area (Å²) in [6.45, 7) is 0.232. The van der Waals surface area contributed by atoms with Crippen molar-refractivity contribution < 1.29 is 22.6 Å². The minimum absolute atomic E-state index is 0.0711. The smallest absolute Gasteiger partial charge is 0.416 e. The van der Waals surface area contributed by atoms with Crippen molar-refractivity contribution in [2.75, 3.05) is 13.2 Å². The van der Waals surface area contributed by atoms with E-state index in [0.29, 0.717) is 11.3 Å². The van der Waals surface area contributed by atoms with Crippen LogP contribution >= 0.6 is 46.4 Å². The Morgan fingerprint density at radius 2 is 1.67 bits per heavy atom. The molecule has 0 atom stereocenters. The van der Waals surface area contributed by atoms with Crippen LogP contribution in [-0.2, 0) is 12.6 Å². The van der Waals surface area contributed by atoms with Crippen molar-refractivity contribution in [1.82, 2.24) is 0 Å². The number of benzene rings is 2. The average Bonchev–Trinajstić information content (AvgIpc) is 2.56. The highest BCUT2D eigenvalue weighted by Crippen LogP contribution is 2.37. The lowest BCUT2D eigenvalue weighted by atomic mass is 10.1. The molecule has 146 valence electrons. The first-order chi connectivity index (χ1) is 12.7. The van der Waals surface area contributed by atoms with Crippen LogP contribution in [0.3, 0.4) is 0 Å². The van der Waals surface area contributed by atoms with Gasteiger partial charge in [-0.2, -0.15) is 13.2 Å². The quantitative estimate of drug-likeness (QED) is 0.431. The molecule has 0 aliphatic heterocycles. The second-order valence-corrected chi connectivity index (χ2v) is 7.14. The van der Waals surface area contributed by atoms with Gasteiger partial charge in [0.25, 0.3) is 0 Å². The van der Waals surface area contributed by atoms with Crippen LogP contribution in [0.15, 0.2) is 47.0 Å². The molecular formula is C18H13Cl4F3O2. The fraction of sp³-hybridized carbons (Fsp3) is 0.222. The highest BCUT2D eigenvalue weighted by molar-refractivity contribution is 6.55. The average molecular weight is 460 g/mol. The van der Waals surface area contributed by atoms with E-state index in [1.807, 2.05) is 0 Å². The molecule has 0 amide bonds. The monoisotopic (exact) mass is 458 g/mol. The maximum Gasteiger partial charge on any atom is 0.416 e. The highest BCUT2D eigenvalue weighted by Gasteiger charge is 2.30. The molecule has 0 aliphatic rings. The summed E-state index contributed by atoms with van der Waals surface area (Å²) in [6.07, 6.45) is -2.68. The number of hydrogen-bond acceptors (Lipinski definition) is 2. The zero-order valence-electron chi connectivity index (χ0n) is 13.6. The Hall–Kier alpha value is -1.27. The first-order valence-corrected chi connectivity index (χ1v) is 9.10. The molecule has 0 heterocycles. The summed E-state index contributed by atoms with van der Waals surface area (Å²) in [6, 6.07) is 8.05. The van der Waals surface area contributed by atoms with Crippen LogP contribution in [-0.4, -0.2) is 13.2 Å². The Kier molecular flexibility index (Phi) is 7.98. The fourth-order valence-corrected chi connectivity index (χ4v) is 2.83. The van der Waals surface area contributed by atoms with E-state index in [2.05, 4.69) is 0 Å². The van der Waals surface area contributed by atoms with Gasteiger partial charge in [-0.25, -0.2) is 0 Å². The van der Waals surface area contributed by atoms with Gasteiger partial charge in [-0.15, -0.1) is 0 Å². The lowest BCUT2D eigenvalue weighted by molar-refractivity contribution is -0.137. The van der Waals surface area contributed by atoms with Crippen molar-refractivity contribution in [2.45, 2.75) is 12.6 Å². The Labute approximate surface area is 174 Å². The summed E-state index contributed by atoms with van der Waals surface area (Å²) in [5.41, 5.74) is -0.217. The van der Waals surface area contributed by atoms with E-state index in [4.69, 9.17) is 55.9 Å². The molecule has 0 saturated carbocycles. The lowest BCUT2D eigenvalue weighted by Gasteiger charge is -2.13. The molecule has 0 unspecified atom stereocenters. The van der Waals surface area contributed by atoms with E-state index in [0.717, 1.165) is 12.1 Å². The molecule has 0 radical (unpaired) electrons. The standard InChI is InChI=1S/C18H13Cl4F3O2/c19-14-9-13(26-7-5-16(21)22)10-15(20)17(14)27-6-4-11-2-1-3-12(8-11)18(23,24)25/h1-3,5,8-10H,4,6-7H2. The van der Waals surface area contributed by atoms with Crippen LogP contribution < -0.4 is 9.47 Å². The number of ether oxygens (including phenoxy) is 2. The van der Waals surface area contributed by atoms with E-state index in [9.17, 15) is 13.2 Å². The second-order valence-electron chi connectivity index (χ2n) is 5.32. The Morgan fingerprint density at radius 1 is 1.00 bits per heavy atom. The number of alkyl halides is 3. The van der Waals surface area contributed by atoms with E-state index in [1.54, 1.807) is 6.07 Å². The first-order valence-electron chi connectivity index (χ1n) is 7.59. The normalized spacial score (nSPS) is 11.2. The molecule has 0 fully saturated rings. The summed E-state index contributed by atoms with van der Waals surface area (Å²) in [4.78, 5) is 0. The van der Waals surface area contributed by atoms with Crippen molar-refractivity contribution in [1.29, 1.82) is 0 Å². The number of hydrogen-bond donors (Lipinski definition) is 0. The maximum absolute atomic E-state index is 12.7. The summed E-state index contributed by atoms with van der Waals surface area (Å²) in [5.74, 6) is 0.615. The van der Waals surface area contributed by atoms with Gasteiger partial charge in [0.2, 0.25) is 0 Å². The third-order valence-corrected chi connectivity index (χ3v) is 4.22. The first kappa shape index (κ1) is 22.0. The van der Waals surface area contributed by atoms with Gasteiger partial charge in [-0.3, -0.25) is 0 Å². The molecule has 27 heavy (non-hydrogen) atoms. The van der Waals surface area contributed by atoms with Crippen LogP contribution in [0.2, 0.25) is 10.0 Å². The third kappa shape index (κ3) is 7.00. The van der Waals surface area contributed by atoms with E-state index >= 15 is 0 Å². The molecule has 0 spiro atoms. The number of halogens is 7. The van der Waals surface area contributed by atoms with Gasteiger partial charge in [0.15, 0.2) is 5.75 Å². The van der Waals surface area contributed by atoms with Gasteiger partial charge < -0.3 is 9.47 Å². The molecule has 0 saturated heterocycles. The predicted octanol–water partition coefficient (Wildman–Crippen LogP) is 7.33. The van der Waals surface area contributed by atoms with Gasteiger partial charge in [0, 0.05) is 18.6 Å². The van der Waals surface area contributed by atoms with Crippen LogP contribution in [0.25, 0.3) is 0 Å². The molecular weight excluding hydrogens is 447 g/mol. The molecule has 0 bridgehead atoms. The van der Waals surface area contributed by atoms with Crippen LogP contribution in [0, 0.1) is 0 Å². The predicted molar refractivity (Wildman–Crippen MR) is 102 cm³/mol. The van der Waals surface area contributed by atoms with Crippen LogP contribution in [0.4, 0.5) is 13.2 Å². The fourth-order valence-electron chi connectivity index (χ4n) is 2.13. The lowest BCUT2D eigenvalue weighted by Crippen LogP contribution is -2.07. The summed E-state index contributed by atoms with van der Waals surface area (Å²) >= 11 is 23.2. The minimum Gasteiger partial charge on any atom is -0.490 e. The molecule has 2 aromatic carbocycles. The van der Waals surface area contributed by atoms with Gasteiger partial charge in [-0.05, 0) is 17.7 Å². The number of rotatable bonds is 7. The van der Waals surface area contributed by atoms with Gasteiger partial charge in [0.05, 0.1) is 22.2 Å². The van der Waals surface area contributed by atoms with E-state index < -0.39 is 11.7 Å². The Morgan fingerprint density at radius 3 is 2.26 bits per heavy atom. The van der Waals surface area contributed by atoms with Gasteiger partial charge in [-0.1, -0.05) is 64.6 Å². The Balaban J connectivity index is 1.99. The highest BCUT2D eigenvalue weighted by atomic mass is 35.5. The largest absolute Gasteiger partial charge is 0.490 e. The van der Waals surface area contributed by atoms with Crippen LogP contribution in [0.5, 0.6) is 11.5 Å². The van der Waals surface area contributed by atoms with Crippen molar-refractivity contribution in [3.63, 3.8) is 0 Å². The Bertz CT molecular complexity index is 795. The van der Waals surface area contributed by atoms with Gasteiger partial charge >= 0.3 is 6.18 Å². The molecule has 0 aliphatic carbocycles. The summed E-state index contributed by atoms with van der Waals surface area (Å²) in [5, 5.41) is 0.421. The van der Waals surface area contributed by atoms with Crippen molar-refractivity contribution in [3.8, 4) is 11.5 Å². The van der Waals surface area contributed by atoms with Crippen molar-refractivity contribution in [3.05, 3.63) is 68.1 Å². The van der Waals surface area contributed by atoms with E-state index in [-0.39, 0.29) is 39.9 Å². The molecule has 2 rings (SSSR count). The molecule has 2 aromatic rings. The molecule has 0 aromatic heterocycles. The summed E-state index contributed by atoms with van der Waals surface area (Å²) < 4.78 is 49.2. The van der Waals surface area contributed by atoms with Crippen molar-refractivity contribution >= 4 is 46.4 Å². The molecule has 0 N–H and O–H groups in total. The zero-order valence-corrected chi connectivity index (χ0v) is 16.6. The maximum atomic E-state index is 12.7. The molecule has 9 heteroatoms. The second kappa shape index (κ2) is 9.78. The third-order valence-electron chi connectivity index (χ3n) is 3.35. The molecule has 2 nitrogen and oxygen atoms in total. The topological polar surface area (TPSA) is 18.5 Å². The van der Waals surface area contributed by atoms with E-state index in [1.165, 1.54) is 24.3 Å². The SMILES string of the molecule is FC(F)(F)c1cccc(CCOc2c(Cl)cc(OCC=C(Cl)Cl)cc2Cl)c1. The minimum atomic E-state index is -4.39. The van der Waals surface area contributed by atoms with Crippen molar-refractivity contribution in [2.24, 2.45) is 0 Å². The zero-order chi connectivity index (χ0) is 20.0. The van der Waals surface area contributed by atoms with Crippen LogP contribution in [0.1, 0.15) is 11.1 Å². The summed E-state index contributed by atoms with van der Waals surface area (Å²) in [7, 11) is 0. The van der Waals surface area contributed by atoms with Gasteiger partial charge in [0.1, 0.15) is 16.8 Å².